The van der Waals surface area contributed by atoms with Crippen molar-refractivity contribution in [3.8, 4) is 23.2 Å². The SMILES string of the molecule is C/C=C/[C@H]1CO[C@H](C#Cc2cnc(-c3ccc(F)c(F)c3)nc2)OC1. The lowest BCUT2D eigenvalue weighted by atomic mass is 10.1. The van der Waals surface area contributed by atoms with Crippen LogP contribution < -0.4 is 0 Å². The predicted molar refractivity (Wildman–Crippen MR) is 88.3 cm³/mol. The van der Waals surface area contributed by atoms with E-state index in [4.69, 9.17) is 9.47 Å². The van der Waals surface area contributed by atoms with Crippen LogP contribution >= 0.6 is 0 Å². The van der Waals surface area contributed by atoms with Crippen LogP contribution in [0.1, 0.15) is 12.5 Å². The number of nitrogens with zero attached hydrogens (tertiary/aromatic N) is 2. The van der Waals surface area contributed by atoms with Crippen LogP contribution in [-0.4, -0.2) is 29.5 Å². The second kappa shape index (κ2) is 7.97. The van der Waals surface area contributed by atoms with E-state index in [0.29, 0.717) is 30.2 Å². The van der Waals surface area contributed by atoms with Gasteiger partial charge in [-0.1, -0.05) is 18.1 Å². The smallest absolute Gasteiger partial charge is 0.222 e. The monoisotopic (exact) mass is 342 g/mol. The minimum atomic E-state index is -0.937. The minimum absolute atomic E-state index is 0.252. The van der Waals surface area contributed by atoms with E-state index in [1.54, 1.807) is 0 Å². The number of halogens is 2. The first-order chi connectivity index (χ1) is 12.2. The van der Waals surface area contributed by atoms with E-state index >= 15 is 0 Å². The molecule has 0 saturated carbocycles. The molecule has 0 unspecified atom stereocenters. The molecule has 0 radical (unpaired) electrons. The van der Waals surface area contributed by atoms with Crippen molar-refractivity contribution in [2.45, 2.75) is 13.2 Å². The summed E-state index contributed by atoms with van der Waals surface area (Å²) in [5.41, 5.74) is 0.974. The molecule has 0 spiro atoms. The summed E-state index contributed by atoms with van der Waals surface area (Å²) in [5, 5.41) is 0. The molecule has 0 atom stereocenters. The zero-order valence-electron chi connectivity index (χ0n) is 13.6. The highest BCUT2D eigenvalue weighted by Crippen LogP contribution is 2.17. The van der Waals surface area contributed by atoms with E-state index in [2.05, 4.69) is 21.8 Å². The largest absolute Gasteiger partial charge is 0.341 e. The minimum Gasteiger partial charge on any atom is -0.341 e. The third kappa shape index (κ3) is 4.47. The van der Waals surface area contributed by atoms with Crippen LogP contribution in [0.5, 0.6) is 0 Å². The molecular weight excluding hydrogens is 326 g/mol. The zero-order chi connectivity index (χ0) is 17.6. The van der Waals surface area contributed by atoms with Crippen LogP contribution in [0.15, 0.2) is 42.7 Å². The van der Waals surface area contributed by atoms with E-state index in [1.165, 1.54) is 18.5 Å². The number of benzene rings is 1. The third-order valence-corrected chi connectivity index (χ3v) is 3.55. The Morgan fingerprint density at radius 2 is 1.84 bits per heavy atom. The first kappa shape index (κ1) is 17.2. The molecule has 128 valence electrons. The van der Waals surface area contributed by atoms with E-state index in [-0.39, 0.29) is 5.92 Å². The van der Waals surface area contributed by atoms with Gasteiger partial charge in [-0.05, 0) is 31.0 Å². The van der Waals surface area contributed by atoms with Crippen molar-refractivity contribution in [3.05, 3.63) is 59.9 Å². The first-order valence-electron chi connectivity index (χ1n) is 7.80. The Balaban J connectivity index is 1.65. The summed E-state index contributed by atoms with van der Waals surface area (Å²) < 4.78 is 37.3. The highest BCUT2D eigenvalue weighted by molar-refractivity contribution is 5.55. The lowest BCUT2D eigenvalue weighted by molar-refractivity contribution is -0.160. The fourth-order valence-electron chi connectivity index (χ4n) is 2.30. The van der Waals surface area contributed by atoms with Crippen LogP contribution in [-0.2, 0) is 9.47 Å². The molecule has 1 aliphatic heterocycles. The average Bonchev–Trinajstić information content (AvgIpc) is 2.64. The number of rotatable bonds is 2. The molecule has 25 heavy (non-hydrogen) atoms. The molecule has 1 aromatic heterocycles. The second-order valence-corrected chi connectivity index (χ2v) is 5.48. The molecule has 1 aromatic carbocycles. The predicted octanol–water partition coefficient (Wildman–Crippen LogP) is 3.34. The van der Waals surface area contributed by atoms with Gasteiger partial charge in [-0.25, -0.2) is 18.7 Å². The van der Waals surface area contributed by atoms with Gasteiger partial charge in [0.2, 0.25) is 6.29 Å². The van der Waals surface area contributed by atoms with Crippen molar-refractivity contribution in [1.29, 1.82) is 0 Å². The molecule has 1 aliphatic rings. The molecule has 0 amide bonds. The highest BCUT2D eigenvalue weighted by atomic mass is 19.2. The Labute approximate surface area is 144 Å². The van der Waals surface area contributed by atoms with E-state index in [0.717, 1.165) is 12.1 Å². The lowest BCUT2D eigenvalue weighted by Crippen LogP contribution is -2.30. The van der Waals surface area contributed by atoms with Crippen LogP contribution in [0.2, 0.25) is 0 Å². The Kier molecular flexibility index (Phi) is 5.49. The van der Waals surface area contributed by atoms with Gasteiger partial charge in [0, 0.05) is 23.9 Å². The number of hydrogen-bond donors (Lipinski definition) is 0. The Bertz CT molecular complexity index is 818. The van der Waals surface area contributed by atoms with Crippen LogP contribution in [0.25, 0.3) is 11.4 Å². The first-order valence-corrected chi connectivity index (χ1v) is 7.80. The van der Waals surface area contributed by atoms with E-state index in [1.807, 2.05) is 19.1 Å². The maximum Gasteiger partial charge on any atom is 0.222 e. The van der Waals surface area contributed by atoms with Crippen molar-refractivity contribution < 1.29 is 18.3 Å². The molecule has 3 rings (SSSR count). The maximum atomic E-state index is 13.3. The summed E-state index contributed by atoms with van der Waals surface area (Å²) in [5.74, 6) is 4.45. The van der Waals surface area contributed by atoms with Gasteiger partial charge < -0.3 is 9.47 Å². The van der Waals surface area contributed by atoms with Gasteiger partial charge in [0.15, 0.2) is 17.5 Å². The van der Waals surface area contributed by atoms with Gasteiger partial charge in [-0.2, -0.15) is 0 Å². The summed E-state index contributed by atoms with van der Waals surface area (Å²) in [7, 11) is 0. The van der Waals surface area contributed by atoms with Crippen molar-refractivity contribution in [1.82, 2.24) is 9.97 Å². The van der Waals surface area contributed by atoms with Crippen molar-refractivity contribution in [2.75, 3.05) is 13.2 Å². The van der Waals surface area contributed by atoms with Crippen LogP contribution in [0.3, 0.4) is 0 Å². The molecule has 1 fully saturated rings. The molecule has 0 bridgehead atoms. The van der Waals surface area contributed by atoms with Crippen molar-refractivity contribution in [3.63, 3.8) is 0 Å². The Morgan fingerprint density at radius 3 is 2.48 bits per heavy atom. The summed E-state index contributed by atoms with van der Waals surface area (Å²) >= 11 is 0. The molecule has 2 heterocycles. The van der Waals surface area contributed by atoms with Crippen LogP contribution in [0.4, 0.5) is 8.78 Å². The second-order valence-electron chi connectivity index (χ2n) is 5.48. The van der Waals surface area contributed by atoms with Gasteiger partial charge in [-0.15, -0.1) is 0 Å². The van der Waals surface area contributed by atoms with Gasteiger partial charge in [-0.3, -0.25) is 0 Å². The Morgan fingerprint density at radius 1 is 1.12 bits per heavy atom. The molecule has 4 nitrogen and oxygen atoms in total. The third-order valence-electron chi connectivity index (χ3n) is 3.55. The summed E-state index contributed by atoms with van der Waals surface area (Å²) in [6, 6.07) is 3.52. The fourth-order valence-corrected chi connectivity index (χ4v) is 2.30. The Hall–Kier alpha value is -2.62. The van der Waals surface area contributed by atoms with E-state index < -0.39 is 17.9 Å². The van der Waals surface area contributed by atoms with Crippen molar-refractivity contribution >= 4 is 0 Å². The quantitative estimate of drug-likeness (QED) is 0.620. The molecular formula is C19H16F2N2O2. The molecule has 1 saturated heterocycles. The number of aromatic nitrogens is 2. The number of allylic oxidation sites excluding steroid dienone is 1. The number of hydrogen-bond acceptors (Lipinski definition) is 4. The average molecular weight is 342 g/mol. The fraction of sp³-hybridized carbons (Fsp3) is 0.263. The normalized spacial score (nSPS) is 20.3. The van der Waals surface area contributed by atoms with Gasteiger partial charge >= 0.3 is 0 Å². The number of ether oxygens (including phenoxy) is 2. The van der Waals surface area contributed by atoms with Gasteiger partial charge in [0.25, 0.3) is 0 Å². The molecule has 0 N–H and O–H groups in total. The summed E-state index contributed by atoms with van der Waals surface area (Å²) in [6.07, 6.45) is 6.46. The molecule has 6 heteroatoms. The van der Waals surface area contributed by atoms with Gasteiger partial charge in [0.1, 0.15) is 0 Å². The molecule has 2 aromatic rings. The van der Waals surface area contributed by atoms with Gasteiger partial charge in [0.05, 0.1) is 18.8 Å². The molecule has 0 aliphatic carbocycles. The van der Waals surface area contributed by atoms with E-state index in [9.17, 15) is 8.78 Å². The summed E-state index contributed by atoms with van der Waals surface area (Å²) in [6.45, 7) is 3.08. The summed E-state index contributed by atoms with van der Waals surface area (Å²) in [4.78, 5) is 8.25. The standard InChI is InChI=1S/C19H16F2N2O2/c1-2-3-14-11-24-18(25-12-14)7-4-13-9-22-19(23-10-13)15-5-6-16(20)17(21)8-15/h2-3,5-6,8-10,14,18H,11-12H2,1H3/b3-2+/t14-,18-. The van der Waals surface area contributed by atoms with Crippen LogP contribution in [0, 0.1) is 29.4 Å². The topological polar surface area (TPSA) is 44.2 Å². The maximum absolute atomic E-state index is 13.3. The highest BCUT2D eigenvalue weighted by Gasteiger charge is 2.18. The lowest BCUT2D eigenvalue weighted by Gasteiger charge is -2.24. The van der Waals surface area contributed by atoms with Crippen molar-refractivity contribution in [2.24, 2.45) is 5.92 Å². The zero-order valence-corrected chi connectivity index (χ0v) is 13.6.